The predicted octanol–water partition coefficient (Wildman–Crippen LogP) is 3.85. The first-order valence-corrected chi connectivity index (χ1v) is 7.44. The number of ether oxygens (including phenoxy) is 2. The number of amides is 1. The van der Waals surface area contributed by atoms with Crippen LogP contribution in [0.25, 0.3) is 0 Å². The summed E-state index contributed by atoms with van der Waals surface area (Å²) >= 11 is 0. The quantitative estimate of drug-likeness (QED) is 0.836. The standard InChI is InChI=1S/C18H19F2NO3/c1-12(13-8-10-15(11-9-13)24-18(19)20)21-17(22)16(23-2)14-6-4-3-5-7-14/h3-12,16,18H,1-2H3,(H,21,22). The van der Waals surface area contributed by atoms with Crippen molar-refractivity contribution in [3.63, 3.8) is 0 Å². The Morgan fingerprint density at radius 3 is 2.17 bits per heavy atom. The molecular formula is C18H19F2NO3. The van der Waals surface area contributed by atoms with Gasteiger partial charge in [-0.25, -0.2) is 0 Å². The first-order valence-electron chi connectivity index (χ1n) is 7.44. The van der Waals surface area contributed by atoms with Crippen molar-refractivity contribution in [2.24, 2.45) is 0 Å². The molecule has 0 bridgehead atoms. The third kappa shape index (κ3) is 4.76. The lowest BCUT2D eigenvalue weighted by molar-refractivity contribution is -0.132. The summed E-state index contributed by atoms with van der Waals surface area (Å²) in [5.74, 6) is -0.199. The van der Waals surface area contributed by atoms with E-state index < -0.39 is 12.7 Å². The van der Waals surface area contributed by atoms with Gasteiger partial charge in [0.05, 0.1) is 6.04 Å². The minimum atomic E-state index is -2.86. The van der Waals surface area contributed by atoms with Gasteiger partial charge < -0.3 is 14.8 Å². The Labute approximate surface area is 139 Å². The van der Waals surface area contributed by atoms with Gasteiger partial charge in [-0.05, 0) is 30.2 Å². The van der Waals surface area contributed by atoms with Crippen molar-refractivity contribution in [1.29, 1.82) is 0 Å². The van der Waals surface area contributed by atoms with Crippen LogP contribution in [0.2, 0.25) is 0 Å². The fourth-order valence-electron chi connectivity index (χ4n) is 2.33. The zero-order valence-corrected chi connectivity index (χ0v) is 13.4. The van der Waals surface area contributed by atoms with Crippen LogP contribution < -0.4 is 10.1 Å². The van der Waals surface area contributed by atoms with Crippen molar-refractivity contribution in [3.05, 3.63) is 65.7 Å². The molecule has 0 spiro atoms. The first kappa shape index (κ1) is 17.9. The SMILES string of the molecule is COC(C(=O)NC(C)c1ccc(OC(F)F)cc1)c1ccccc1. The summed E-state index contributed by atoms with van der Waals surface area (Å²) in [4.78, 5) is 12.4. The Bertz CT molecular complexity index is 647. The smallest absolute Gasteiger partial charge is 0.387 e. The molecule has 1 amide bonds. The van der Waals surface area contributed by atoms with E-state index in [9.17, 15) is 13.6 Å². The summed E-state index contributed by atoms with van der Waals surface area (Å²) in [6, 6.07) is 15.0. The normalized spacial score (nSPS) is 13.4. The van der Waals surface area contributed by atoms with Crippen LogP contribution in [0, 0.1) is 0 Å². The molecule has 1 N–H and O–H groups in total. The van der Waals surface area contributed by atoms with Crippen LogP contribution in [-0.2, 0) is 9.53 Å². The Kier molecular flexibility index (Phi) is 6.26. The highest BCUT2D eigenvalue weighted by Gasteiger charge is 2.21. The van der Waals surface area contributed by atoms with Crippen molar-refractivity contribution in [1.82, 2.24) is 5.32 Å². The monoisotopic (exact) mass is 335 g/mol. The van der Waals surface area contributed by atoms with Crippen molar-refractivity contribution < 1.29 is 23.0 Å². The van der Waals surface area contributed by atoms with Crippen LogP contribution in [0.5, 0.6) is 5.75 Å². The molecule has 0 saturated carbocycles. The van der Waals surface area contributed by atoms with Gasteiger partial charge in [-0.15, -0.1) is 0 Å². The highest BCUT2D eigenvalue weighted by atomic mass is 19.3. The fourth-order valence-corrected chi connectivity index (χ4v) is 2.33. The summed E-state index contributed by atoms with van der Waals surface area (Å²) in [5.41, 5.74) is 1.53. The van der Waals surface area contributed by atoms with Crippen LogP contribution in [0.4, 0.5) is 8.78 Å². The van der Waals surface area contributed by atoms with Gasteiger partial charge in [-0.3, -0.25) is 4.79 Å². The van der Waals surface area contributed by atoms with E-state index in [-0.39, 0.29) is 17.7 Å². The highest BCUT2D eigenvalue weighted by Crippen LogP contribution is 2.21. The number of benzene rings is 2. The van der Waals surface area contributed by atoms with Crippen LogP contribution in [-0.4, -0.2) is 19.6 Å². The fraction of sp³-hybridized carbons (Fsp3) is 0.278. The zero-order valence-electron chi connectivity index (χ0n) is 13.4. The molecule has 0 heterocycles. The minimum Gasteiger partial charge on any atom is -0.435 e. The molecule has 4 nitrogen and oxygen atoms in total. The molecule has 0 aliphatic heterocycles. The van der Waals surface area contributed by atoms with E-state index >= 15 is 0 Å². The first-order chi connectivity index (χ1) is 11.5. The predicted molar refractivity (Wildman–Crippen MR) is 85.8 cm³/mol. The van der Waals surface area contributed by atoms with E-state index in [1.54, 1.807) is 19.1 Å². The molecule has 0 fully saturated rings. The number of hydrogen-bond donors (Lipinski definition) is 1. The molecule has 0 saturated heterocycles. The number of hydrogen-bond acceptors (Lipinski definition) is 3. The minimum absolute atomic E-state index is 0.0753. The Morgan fingerprint density at radius 1 is 1.00 bits per heavy atom. The molecule has 24 heavy (non-hydrogen) atoms. The highest BCUT2D eigenvalue weighted by molar-refractivity contribution is 5.82. The number of nitrogens with one attached hydrogen (secondary N) is 1. The van der Waals surface area contributed by atoms with Gasteiger partial charge in [0.25, 0.3) is 5.91 Å². The van der Waals surface area contributed by atoms with E-state index in [0.29, 0.717) is 0 Å². The summed E-state index contributed by atoms with van der Waals surface area (Å²) in [6.07, 6.45) is -0.713. The number of alkyl halides is 2. The van der Waals surface area contributed by atoms with Crippen molar-refractivity contribution in [2.75, 3.05) is 7.11 Å². The Balaban J connectivity index is 2.02. The second kappa shape index (κ2) is 8.40. The van der Waals surface area contributed by atoms with Gasteiger partial charge in [0, 0.05) is 7.11 Å². The topological polar surface area (TPSA) is 47.6 Å². The van der Waals surface area contributed by atoms with E-state index in [4.69, 9.17) is 4.74 Å². The average molecular weight is 335 g/mol. The molecule has 0 radical (unpaired) electrons. The number of halogens is 2. The third-order valence-corrected chi connectivity index (χ3v) is 3.54. The lowest BCUT2D eigenvalue weighted by Gasteiger charge is -2.20. The summed E-state index contributed by atoms with van der Waals surface area (Å²) in [5, 5.41) is 2.85. The van der Waals surface area contributed by atoms with Crippen molar-refractivity contribution in [3.8, 4) is 5.75 Å². The molecule has 2 unspecified atom stereocenters. The van der Waals surface area contributed by atoms with E-state index in [1.165, 1.54) is 19.2 Å². The number of rotatable bonds is 7. The molecule has 2 aromatic carbocycles. The second-order valence-corrected chi connectivity index (χ2v) is 5.20. The molecule has 6 heteroatoms. The van der Waals surface area contributed by atoms with E-state index in [2.05, 4.69) is 10.1 Å². The van der Waals surface area contributed by atoms with Crippen molar-refractivity contribution in [2.45, 2.75) is 25.7 Å². The molecule has 2 aromatic rings. The van der Waals surface area contributed by atoms with Crippen LogP contribution in [0.1, 0.15) is 30.2 Å². The Hall–Kier alpha value is -2.47. The van der Waals surface area contributed by atoms with Gasteiger partial charge in [0.15, 0.2) is 6.10 Å². The maximum atomic E-state index is 12.4. The number of carbonyl (C=O) groups is 1. The molecule has 0 aromatic heterocycles. The number of methoxy groups -OCH3 is 1. The van der Waals surface area contributed by atoms with Gasteiger partial charge in [0.1, 0.15) is 5.75 Å². The summed E-state index contributed by atoms with van der Waals surface area (Å²) in [7, 11) is 1.47. The molecule has 0 aliphatic rings. The van der Waals surface area contributed by atoms with Gasteiger partial charge in [-0.1, -0.05) is 42.5 Å². The molecule has 2 rings (SSSR count). The van der Waals surface area contributed by atoms with Crippen molar-refractivity contribution >= 4 is 5.91 Å². The second-order valence-electron chi connectivity index (χ2n) is 5.20. The third-order valence-electron chi connectivity index (χ3n) is 3.54. The van der Waals surface area contributed by atoms with Gasteiger partial charge >= 0.3 is 6.61 Å². The van der Waals surface area contributed by atoms with Gasteiger partial charge in [0.2, 0.25) is 0 Å². The van der Waals surface area contributed by atoms with E-state index in [0.717, 1.165) is 11.1 Å². The maximum absolute atomic E-state index is 12.4. The maximum Gasteiger partial charge on any atom is 0.387 e. The van der Waals surface area contributed by atoms with Crippen LogP contribution >= 0.6 is 0 Å². The van der Waals surface area contributed by atoms with Crippen LogP contribution in [0.3, 0.4) is 0 Å². The molecular weight excluding hydrogens is 316 g/mol. The lowest BCUT2D eigenvalue weighted by atomic mass is 10.1. The largest absolute Gasteiger partial charge is 0.435 e. The van der Waals surface area contributed by atoms with E-state index in [1.807, 2.05) is 30.3 Å². The van der Waals surface area contributed by atoms with Gasteiger partial charge in [-0.2, -0.15) is 8.78 Å². The average Bonchev–Trinajstić information content (AvgIpc) is 2.56. The lowest BCUT2D eigenvalue weighted by Crippen LogP contribution is -2.32. The zero-order chi connectivity index (χ0) is 17.5. The number of carbonyl (C=O) groups excluding carboxylic acids is 1. The summed E-state index contributed by atoms with van der Waals surface area (Å²) in [6.45, 7) is -1.06. The van der Waals surface area contributed by atoms with Crippen LogP contribution in [0.15, 0.2) is 54.6 Å². The Morgan fingerprint density at radius 2 is 1.62 bits per heavy atom. The molecule has 2 atom stereocenters. The molecule has 128 valence electrons. The molecule has 0 aliphatic carbocycles. The summed E-state index contributed by atoms with van der Waals surface area (Å²) < 4.78 is 33.9.